The van der Waals surface area contributed by atoms with Crippen LogP contribution in [0.4, 0.5) is 0 Å². The van der Waals surface area contributed by atoms with Crippen LogP contribution in [0.3, 0.4) is 0 Å². The van der Waals surface area contributed by atoms with Gasteiger partial charge < -0.3 is 0 Å². The molecule has 124 valence electrons. The molecule has 0 atom stereocenters. The summed E-state index contributed by atoms with van der Waals surface area (Å²) in [5.74, 6) is -1.20. The van der Waals surface area contributed by atoms with Crippen LogP contribution in [0, 0.1) is 0 Å². The molecular formula is C19H14N2O4. The summed E-state index contributed by atoms with van der Waals surface area (Å²) < 4.78 is 0. The summed E-state index contributed by atoms with van der Waals surface area (Å²) >= 11 is 0. The molecule has 0 aromatic heterocycles. The highest BCUT2D eigenvalue weighted by Crippen LogP contribution is 2.26. The molecule has 2 aromatic rings. The predicted octanol–water partition coefficient (Wildman–Crippen LogP) is 1.73. The van der Waals surface area contributed by atoms with Gasteiger partial charge in [0, 0.05) is 14.1 Å². The minimum absolute atomic E-state index is 0.295. The third kappa shape index (κ3) is 2.11. The number of nitrogens with zero attached hydrogens (tertiary/aromatic N) is 2. The molecule has 0 saturated carbocycles. The molecule has 25 heavy (non-hydrogen) atoms. The lowest BCUT2D eigenvalue weighted by Crippen LogP contribution is -2.24. The van der Waals surface area contributed by atoms with Gasteiger partial charge in [0.1, 0.15) is 0 Å². The number of hydrogen-bond acceptors (Lipinski definition) is 4. The maximum atomic E-state index is 12.1. The number of rotatable bonds is 2. The van der Waals surface area contributed by atoms with Crippen molar-refractivity contribution < 1.29 is 19.2 Å². The van der Waals surface area contributed by atoms with Crippen molar-refractivity contribution in [1.82, 2.24) is 9.80 Å². The van der Waals surface area contributed by atoms with Crippen molar-refractivity contribution in [2.24, 2.45) is 0 Å². The maximum Gasteiger partial charge on any atom is 0.261 e. The molecule has 6 nitrogen and oxygen atoms in total. The number of carbonyl (C=O) groups is 4. The third-order valence-corrected chi connectivity index (χ3v) is 4.72. The van der Waals surface area contributed by atoms with Crippen molar-refractivity contribution >= 4 is 23.6 Å². The van der Waals surface area contributed by atoms with E-state index in [0.717, 1.165) is 20.9 Å². The van der Waals surface area contributed by atoms with Crippen LogP contribution in [0.5, 0.6) is 0 Å². The second kappa shape index (κ2) is 5.11. The predicted molar refractivity (Wildman–Crippen MR) is 88.5 cm³/mol. The summed E-state index contributed by atoms with van der Waals surface area (Å²) in [6.45, 7) is 0. The summed E-state index contributed by atoms with van der Waals surface area (Å²) in [4.78, 5) is 50.3. The van der Waals surface area contributed by atoms with Crippen LogP contribution in [0.2, 0.25) is 0 Å². The van der Waals surface area contributed by atoms with Crippen molar-refractivity contribution in [3.63, 3.8) is 0 Å². The second-order valence-electron chi connectivity index (χ2n) is 6.28. The van der Waals surface area contributed by atoms with Crippen molar-refractivity contribution in [1.29, 1.82) is 0 Å². The average Bonchev–Trinajstić information content (AvgIpc) is 2.96. The summed E-state index contributed by atoms with van der Waals surface area (Å²) in [5, 5.41) is 0. The van der Waals surface area contributed by atoms with E-state index in [9.17, 15) is 19.2 Å². The highest BCUT2D eigenvalue weighted by molar-refractivity contribution is 6.22. The number of imide groups is 2. The van der Waals surface area contributed by atoms with Crippen molar-refractivity contribution in [2.75, 3.05) is 14.1 Å². The van der Waals surface area contributed by atoms with E-state index in [1.165, 1.54) is 14.1 Å². The molecule has 0 radical (unpaired) electrons. The first-order chi connectivity index (χ1) is 11.9. The molecule has 0 unspecified atom stereocenters. The van der Waals surface area contributed by atoms with E-state index >= 15 is 0 Å². The quantitative estimate of drug-likeness (QED) is 0.784. The zero-order valence-electron chi connectivity index (χ0n) is 13.7. The number of fused-ring (bicyclic) bond motifs is 2. The average molecular weight is 334 g/mol. The lowest BCUT2D eigenvalue weighted by atomic mass is 9.98. The van der Waals surface area contributed by atoms with Crippen LogP contribution in [-0.2, 0) is 6.42 Å². The Hall–Kier alpha value is -3.28. The van der Waals surface area contributed by atoms with E-state index < -0.39 is 0 Å². The van der Waals surface area contributed by atoms with Gasteiger partial charge in [0.15, 0.2) is 0 Å². The Bertz CT molecular complexity index is 913. The standard InChI is InChI=1S/C19H14N2O4/c1-20-16(22)12-5-3-10(8-14(12)18(20)24)7-11-4-6-13-15(9-11)19(25)21(2)17(13)23/h3-6,8-9H,7H2,1-2H3. The van der Waals surface area contributed by atoms with Crippen LogP contribution in [0.15, 0.2) is 36.4 Å². The fraction of sp³-hybridized carbons (Fsp3) is 0.158. The topological polar surface area (TPSA) is 74.8 Å². The van der Waals surface area contributed by atoms with Gasteiger partial charge in [-0.15, -0.1) is 0 Å². The fourth-order valence-corrected chi connectivity index (χ4v) is 3.27. The number of amides is 4. The zero-order chi connectivity index (χ0) is 17.9. The molecule has 0 spiro atoms. The molecule has 0 fully saturated rings. The van der Waals surface area contributed by atoms with Crippen LogP contribution in [-0.4, -0.2) is 47.5 Å². The Balaban J connectivity index is 1.67. The van der Waals surface area contributed by atoms with Gasteiger partial charge in [-0.25, -0.2) is 0 Å². The summed E-state index contributed by atoms with van der Waals surface area (Å²) in [7, 11) is 2.92. The zero-order valence-corrected chi connectivity index (χ0v) is 13.7. The van der Waals surface area contributed by atoms with Crippen LogP contribution in [0.25, 0.3) is 0 Å². The fourth-order valence-electron chi connectivity index (χ4n) is 3.27. The van der Waals surface area contributed by atoms with Crippen molar-refractivity contribution in [3.8, 4) is 0 Å². The van der Waals surface area contributed by atoms with Crippen LogP contribution in [0.1, 0.15) is 52.6 Å². The molecule has 4 amide bonds. The number of benzene rings is 2. The van der Waals surface area contributed by atoms with Crippen LogP contribution >= 0.6 is 0 Å². The van der Waals surface area contributed by atoms with E-state index in [1.807, 2.05) is 0 Å². The molecule has 2 heterocycles. The van der Waals surface area contributed by atoms with Gasteiger partial charge in [0.2, 0.25) is 0 Å². The Morgan fingerprint density at radius 3 is 1.36 bits per heavy atom. The van der Waals surface area contributed by atoms with E-state index in [0.29, 0.717) is 28.7 Å². The van der Waals surface area contributed by atoms with Gasteiger partial charge in [-0.1, -0.05) is 12.1 Å². The maximum absolute atomic E-state index is 12.1. The first-order valence-corrected chi connectivity index (χ1v) is 7.79. The van der Waals surface area contributed by atoms with Gasteiger partial charge in [0.25, 0.3) is 23.6 Å². The molecule has 0 bridgehead atoms. The minimum atomic E-state index is -0.307. The SMILES string of the molecule is CN1C(=O)c2ccc(Cc3ccc4c(c3)C(=O)N(C)C4=O)cc2C1=O. The van der Waals surface area contributed by atoms with Gasteiger partial charge in [-0.2, -0.15) is 0 Å². The molecule has 2 aliphatic rings. The Labute approximate surface area is 143 Å². The normalized spacial score (nSPS) is 15.9. The van der Waals surface area contributed by atoms with E-state index in [4.69, 9.17) is 0 Å². The number of carbonyl (C=O) groups excluding carboxylic acids is 4. The summed E-state index contributed by atoms with van der Waals surface area (Å²) in [6.07, 6.45) is 0.497. The van der Waals surface area contributed by atoms with Gasteiger partial charge in [0.05, 0.1) is 22.3 Å². The van der Waals surface area contributed by atoms with E-state index in [2.05, 4.69) is 0 Å². The molecule has 0 aliphatic carbocycles. The smallest absolute Gasteiger partial charge is 0.261 e. The highest BCUT2D eigenvalue weighted by Gasteiger charge is 2.34. The largest absolute Gasteiger partial charge is 0.277 e. The lowest BCUT2D eigenvalue weighted by Gasteiger charge is -2.05. The highest BCUT2D eigenvalue weighted by atomic mass is 16.2. The third-order valence-electron chi connectivity index (χ3n) is 4.72. The first kappa shape index (κ1) is 15.3. The Morgan fingerprint density at radius 2 is 0.960 bits per heavy atom. The number of hydrogen-bond donors (Lipinski definition) is 0. The molecular weight excluding hydrogens is 320 g/mol. The first-order valence-electron chi connectivity index (χ1n) is 7.79. The van der Waals surface area contributed by atoms with E-state index in [-0.39, 0.29) is 23.6 Å². The van der Waals surface area contributed by atoms with Gasteiger partial charge in [-0.05, 0) is 41.8 Å². The monoisotopic (exact) mass is 334 g/mol. The van der Waals surface area contributed by atoms with Crippen molar-refractivity contribution in [2.45, 2.75) is 6.42 Å². The Morgan fingerprint density at radius 1 is 0.600 bits per heavy atom. The summed E-state index contributed by atoms with van der Waals surface area (Å²) in [6, 6.07) is 10.3. The lowest BCUT2D eigenvalue weighted by molar-refractivity contribution is 0.0678. The molecule has 4 rings (SSSR count). The van der Waals surface area contributed by atoms with Gasteiger partial charge in [-0.3, -0.25) is 29.0 Å². The van der Waals surface area contributed by atoms with E-state index in [1.54, 1.807) is 36.4 Å². The van der Waals surface area contributed by atoms with Gasteiger partial charge >= 0.3 is 0 Å². The molecule has 6 heteroatoms. The van der Waals surface area contributed by atoms with Crippen LogP contribution < -0.4 is 0 Å². The second-order valence-corrected chi connectivity index (χ2v) is 6.28. The molecule has 2 aliphatic heterocycles. The molecule has 0 N–H and O–H groups in total. The van der Waals surface area contributed by atoms with Crippen molar-refractivity contribution in [3.05, 3.63) is 69.8 Å². The molecule has 2 aromatic carbocycles. The summed E-state index contributed by atoms with van der Waals surface area (Å²) in [5.41, 5.74) is 3.34. The molecule has 0 saturated heterocycles. The Kier molecular flexibility index (Phi) is 3.12. The minimum Gasteiger partial charge on any atom is -0.277 e.